The monoisotopic (exact) mass is 513 g/mol. The lowest BCUT2D eigenvalue weighted by Gasteiger charge is -2.20. The van der Waals surface area contributed by atoms with E-state index in [1.165, 1.54) is 22.3 Å². The maximum absolute atomic E-state index is 12.9. The number of ether oxygens (including phenoxy) is 1. The molecule has 0 fully saturated rings. The number of hydrogen-bond donors (Lipinski definition) is 1. The van der Waals surface area contributed by atoms with E-state index >= 15 is 0 Å². The molecule has 3 aromatic rings. The van der Waals surface area contributed by atoms with E-state index in [1.54, 1.807) is 6.08 Å². The van der Waals surface area contributed by atoms with E-state index in [9.17, 15) is 4.79 Å². The van der Waals surface area contributed by atoms with Gasteiger partial charge in [0.15, 0.2) is 5.84 Å². The van der Waals surface area contributed by atoms with E-state index in [4.69, 9.17) is 10.1 Å². The molecule has 2 aromatic carbocycles. The van der Waals surface area contributed by atoms with E-state index in [0.717, 1.165) is 33.7 Å². The fourth-order valence-electron chi connectivity index (χ4n) is 4.36. The van der Waals surface area contributed by atoms with E-state index < -0.39 is 5.91 Å². The smallest absolute Gasteiger partial charge is 0.283 e. The predicted octanol–water partition coefficient (Wildman–Crippen LogP) is 6.51. The molecule has 0 spiro atoms. The zero-order valence-corrected chi connectivity index (χ0v) is 22.4. The van der Waals surface area contributed by atoms with Crippen LogP contribution < -0.4 is 4.74 Å². The van der Waals surface area contributed by atoms with Gasteiger partial charge in [0.2, 0.25) is 5.17 Å². The van der Waals surface area contributed by atoms with E-state index in [-0.39, 0.29) is 17.3 Å². The van der Waals surface area contributed by atoms with Crippen molar-refractivity contribution in [3.8, 4) is 5.75 Å². The lowest BCUT2D eigenvalue weighted by Crippen LogP contribution is -2.35. The number of benzene rings is 2. The van der Waals surface area contributed by atoms with Crippen molar-refractivity contribution in [3.63, 3.8) is 0 Å². The summed E-state index contributed by atoms with van der Waals surface area (Å²) in [7, 11) is 0. The van der Waals surface area contributed by atoms with Crippen molar-refractivity contribution >= 4 is 50.7 Å². The van der Waals surface area contributed by atoms with Crippen molar-refractivity contribution in [2.45, 2.75) is 46.6 Å². The Morgan fingerprint density at radius 1 is 1.11 bits per heavy atom. The Hall–Kier alpha value is -3.65. The predicted molar refractivity (Wildman–Crippen MR) is 152 cm³/mol. The third-order valence-corrected chi connectivity index (χ3v) is 7.95. The number of amides is 1. The minimum atomic E-state index is -0.412. The van der Waals surface area contributed by atoms with Crippen molar-refractivity contribution in [2.75, 3.05) is 6.61 Å². The molecular formula is C29H31N5O2S. The van der Waals surface area contributed by atoms with Gasteiger partial charge in [0.1, 0.15) is 17.4 Å². The first-order valence-electron chi connectivity index (χ1n) is 12.7. The number of aliphatic imine (C=N–C) groups is 1. The van der Waals surface area contributed by atoms with Crippen LogP contribution >= 0.6 is 11.8 Å². The Morgan fingerprint density at radius 2 is 1.86 bits per heavy atom. The molecule has 190 valence electrons. The number of rotatable bonds is 8. The van der Waals surface area contributed by atoms with Crippen molar-refractivity contribution in [1.29, 1.82) is 5.41 Å². The number of thioether (sulfide) groups is 1. The Labute approximate surface area is 221 Å². The molecule has 5 rings (SSSR count). The molecule has 8 heteroatoms. The summed E-state index contributed by atoms with van der Waals surface area (Å²) < 4.78 is 8.16. The number of nitrogens with one attached hydrogen (secondary N) is 1. The van der Waals surface area contributed by atoms with Crippen LogP contribution in [-0.4, -0.2) is 38.1 Å². The molecule has 1 N–H and O–H groups in total. The van der Waals surface area contributed by atoms with Gasteiger partial charge in [-0.05, 0) is 53.9 Å². The average Bonchev–Trinajstić information content (AvgIpc) is 3.49. The van der Waals surface area contributed by atoms with Crippen LogP contribution in [0, 0.1) is 11.3 Å². The van der Waals surface area contributed by atoms with Crippen LogP contribution in [0.1, 0.15) is 51.2 Å². The topological polar surface area (TPSA) is 83.0 Å². The first-order chi connectivity index (χ1) is 17.9. The number of hydrazone groups is 1. The van der Waals surface area contributed by atoms with Crippen molar-refractivity contribution < 1.29 is 9.53 Å². The quantitative estimate of drug-likeness (QED) is 0.348. The second kappa shape index (κ2) is 10.4. The third kappa shape index (κ3) is 4.98. The fraction of sp³-hybridized carbons (Fsp3) is 0.310. The number of fused-ring (bicyclic) bond motifs is 2. The van der Waals surface area contributed by atoms with Crippen LogP contribution in [0.5, 0.6) is 5.75 Å². The van der Waals surface area contributed by atoms with Crippen molar-refractivity contribution in [1.82, 2.24) is 9.58 Å². The molecule has 3 heterocycles. The molecule has 1 unspecified atom stereocenters. The number of amidine groups is 2. The van der Waals surface area contributed by atoms with E-state index in [0.29, 0.717) is 24.2 Å². The van der Waals surface area contributed by atoms with Gasteiger partial charge in [0.25, 0.3) is 5.91 Å². The van der Waals surface area contributed by atoms with Crippen LogP contribution in [0.3, 0.4) is 0 Å². The third-order valence-electron chi connectivity index (χ3n) is 6.75. The second-order valence-corrected chi connectivity index (χ2v) is 10.6. The zero-order chi connectivity index (χ0) is 26.1. The maximum Gasteiger partial charge on any atom is 0.283 e. The molecule has 1 amide bonds. The number of nitrogens with zero attached hydrogens (tertiary/aromatic N) is 4. The summed E-state index contributed by atoms with van der Waals surface area (Å²) in [5.74, 6) is 1.23. The SMILES string of the molecule is CCC(C)c1ccc(OCCn2cc(/C=C3/C(=N)N4N=C(C(C)C)SC4=NC3=O)c3ccccc32)cc1. The van der Waals surface area contributed by atoms with E-state index in [1.807, 2.05) is 50.4 Å². The molecule has 0 radical (unpaired) electrons. The molecular weight excluding hydrogens is 482 g/mol. The zero-order valence-electron chi connectivity index (χ0n) is 21.6. The first-order valence-corrected chi connectivity index (χ1v) is 13.5. The summed E-state index contributed by atoms with van der Waals surface area (Å²) in [5.41, 5.74) is 3.46. The van der Waals surface area contributed by atoms with Gasteiger partial charge >= 0.3 is 0 Å². The highest BCUT2D eigenvalue weighted by atomic mass is 32.2. The summed E-state index contributed by atoms with van der Waals surface area (Å²) in [4.78, 5) is 17.1. The molecule has 1 atom stereocenters. The van der Waals surface area contributed by atoms with E-state index in [2.05, 4.69) is 46.7 Å². The summed E-state index contributed by atoms with van der Waals surface area (Å²) in [6.45, 7) is 9.65. The van der Waals surface area contributed by atoms with Gasteiger partial charge in [-0.2, -0.15) is 15.1 Å². The molecule has 0 saturated heterocycles. The summed E-state index contributed by atoms with van der Waals surface area (Å²) in [6, 6.07) is 16.4. The summed E-state index contributed by atoms with van der Waals surface area (Å²) >= 11 is 1.35. The van der Waals surface area contributed by atoms with Crippen LogP contribution in [0.4, 0.5) is 0 Å². The highest BCUT2D eigenvalue weighted by Crippen LogP contribution is 2.32. The Bertz CT molecular complexity index is 1450. The Morgan fingerprint density at radius 3 is 2.59 bits per heavy atom. The van der Waals surface area contributed by atoms with Gasteiger partial charge in [-0.25, -0.2) is 0 Å². The lowest BCUT2D eigenvalue weighted by atomic mass is 9.99. The number of carbonyl (C=O) groups excluding carboxylic acids is 1. The number of hydrogen-bond acceptors (Lipinski definition) is 5. The highest BCUT2D eigenvalue weighted by Gasteiger charge is 2.36. The molecule has 1 aromatic heterocycles. The first kappa shape index (κ1) is 25.0. The largest absolute Gasteiger partial charge is 0.492 e. The van der Waals surface area contributed by atoms with Gasteiger partial charge in [-0.3, -0.25) is 10.2 Å². The number of para-hydroxylation sites is 1. The van der Waals surface area contributed by atoms with Crippen LogP contribution in [0.25, 0.3) is 17.0 Å². The number of carbonyl (C=O) groups is 1. The van der Waals surface area contributed by atoms with Gasteiger partial charge in [-0.15, -0.1) is 0 Å². The van der Waals surface area contributed by atoms with Gasteiger partial charge in [0.05, 0.1) is 12.1 Å². The fourth-order valence-corrected chi connectivity index (χ4v) is 5.25. The molecule has 0 aliphatic carbocycles. The molecule has 7 nitrogen and oxygen atoms in total. The maximum atomic E-state index is 12.9. The van der Waals surface area contributed by atoms with Gasteiger partial charge in [0, 0.05) is 28.6 Å². The minimum absolute atomic E-state index is 0.0548. The van der Waals surface area contributed by atoms with Crippen LogP contribution in [-0.2, 0) is 11.3 Å². The number of aromatic nitrogens is 1. The average molecular weight is 514 g/mol. The Balaban J connectivity index is 1.36. The minimum Gasteiger partial charge on any atom is -0.492 e. The van der Waals surface area contributed by atoms with Crippen molar-refractivity contribution in [2.24, 2.45) is 16.0 Å². The summed E-state index contributed by atoms with van der Waals surface area (Å²) in [5, 5.41) is 17.0. The lowest BCUT2D eigenvalue weighted by molar-refractivity contribution is -0.114. The Kier molecular flexibility index (Phi) is 7.02. The molecule has 2 aliphatic rings. The highest BCUT2D eigenvalue weighted by molar-refractivity contribution is 8.27. The van der Waals surface area contributed by atoms with Gasteiger partial charge in [-0.1, -0.05) is 58.0 Å². The molecule has 0 saturated carbocycles. The van der Waals surface area contributed by atoms with Gasteiger partial charge < -0.3 is 9.30 Å². The second-order valence-electron chi connectivity index (χ2n) is 9.63. The molecule has 37 heavy (non-hydrogen) atoms. The molecule has 0 bridgehead atoms. The standard InChI is InChI=1S/C29H31N5O2S/c1-5-19(4)20-10-12-22(13-11-20)36-15-14-33-17-21(23-8-6-7-9-25(23)33)16-24-26(30)34-29(31-27(24)35)37-28(32-34)18(2)3/h6-13,16-19,30H,5,14-15H2,1-4H3/b24-16-,30-26?. The van der Waals surface area contributed by atoms with Crippen LogP contribution in [0.2, 0.25) is 0 Å². The van der Waals surface area contributed by atoms with Crippen LogP contribution in [0.15, 0.2) is 70.4 Å². The normalized spacial score (nSPS) is 17.4. The summed E-state index contributed by atoms with van der Waals surface area (Å²) in [6.07, 6.45) is 4.88. The molecule has 2 aliphatic heterocycles. The van der Waals surface area contributed by atoms with Crippen molar-refractivity contribution in [3.05, 3.63) is 71.4 Å².